The number of fused-ring (bicyclic) bond motifs is 1. The summed E-state index contributed by atoms with van der Waals surface area (Å²) in [5.74, 6) is -3.40. The van der Waals surface area contributed by atoms with Gasteiger partial charge in [0.25, 0.3) is 0 Å². The molecular weight excluding hydrogens is 588 g/mol. The Morgan fingerprint density at radius 3 is 1.96 bits per heavy atom. The van der Waals surface area contributed by atoms with Gasteiger partial charge in [0, 0.05) is 6.42 Å². The van der Waals surface area contributed by atoms with Crippen LogP contribution in [0.1, 0.15) is 72.3 Å². The standard InChI is InChI=1S/C34H52N6O6/c1-6-21(4)29(34(46)37-26(13-9-10-16-35)32(44)38-27(30(36)42)17-20(2)3)40-33(45)28(39-31(43)22(5)41)19-23-14-15-24-11-7-8-12-25(24)18-23/h7-8,11-12,14-15,18,20-22,26-29,41H,6,9-10,13,16-17,19,35H2,1-5H3,(H2,36,42)(H,37,46)(H,38,44)(H,39,43)(H,40,45)/t21-,22+,26-,27-,28-,29-/m0/s1. The molecule has 0 bridgehead atoms. The number of amides is 5. The Bertz CT molecular complexity index is 1330. The Hall–Kier alpha value is -4.03. The van der Waals surface area contributed by atoms with Crippen molar-refractivity contribution < 1.29 is 29.1 Å². The minimum atomic E-state index is -1.35. The number of carbonyl (C=O) groups is 5. The first-order chi connectivity index (χ1) is 21.8. The quantitative estimate of drug-likeness (QED) is 0.112. The number of unbranched alkanes of at least 4 members (excludes halogenated alkanes) is 1. The molecule has 0 aliphatic carbocycles. The van der Waals surface area contributed by atoms with Crippen molar-refractivity contribution in [2.45, 2.75) is 103 Å². The molecule has 0 saturated heterocycles. The third-order valence-electron chi connectivity index (χ3n) is 8.01. The van der Waals surface area contributed by atoms with Gasteiger partial charge in [-0.2, -0.15) is 0 Å². The van der Waals surface area contributed by atoms with Crippen LogP contribution in [-0.2, 0) is 30.4 Å². The fourth-order valence-electron chi connectivity index (χ4n) is 5.07. The zero-order valence-corrected chi connectivity index (χ0v) is 27.7. The third-order valence-corrected chi connectivity index (χ3v) is 8.01. The van der Waals surface area contributed by atoms with Gasteiger partial charge >= 0.3 is 0 Å². The van der Waals surface area contributed by atoms with Crippen LogP contribution in [0.15, 0.2) is 42.5 Å². The van der Waals surface area contributed by atoms with E-state index in [1.807, 2.05) is 63.2 Å². The van der Waals surface area contributed by atoms with Crippen LogP contribution < -0.4 is 32.7 Å². The monoisotopic (exact) mass is 640 g/mol. The summed E-state index contributed by atoms with van der Waals surface area (Å²) in [7, 11) is 0. The number of benzene rings is 2. The van der Waals surface area contributed by atoms with E-state index in [4.69, 9.17) is 11.5 Å². The molecule has 0 heterocycles. The fraction of sp³-hybridized carbons (Fsp3) is 0.559. The first-order valence-electron chi connectivity index (χ1n) is 16.1. The van der Waals surface area contributed by atoms with E-state index in [-0.39, 0.29) is 24.7 Å². The summed E-state index contributed by atoms with van der Waals surface area (Å²) in [6.07, 6.45) is 1.04. The van der Waals surface area contributed by atoms with Crippen molar-refractivity contribution >= 4 is 40.3 Å². The number of hydrogen-bond donors (Lipinski definition) is 7. The molecule has 254 valence electrons. The summed E-state index contributed by atoms with van der Waals surface area (Å²) in [5, 5.41) is 22.7. The molecule has 0 aliphatic heterocycles. The van der Waals surface area contributed by atoms with Crippen molar-refractivity contribution in [1.82, 2.24) is 21.3 Å². The summed E-state index contributed by atoms with van der Waals surface area (Å²) in [5.41, 5.74) is 12.0. The molecule has 0 unspecified atom stereocenters. The SMILES string of the molecule is CC[C@H](C)[C@H](NC(=O)[C@H](Cc1ccc2ccccc2c1)NC(=O)[C@@H](C)O)C(=O)N[C@@H](CCCCN)C(=O)N[C@@H](CC(C)C)C(N)=O. The van der Waals surface area contributed by atoms with E-state index >= 15 is 0 Å². The molecule has 0 fully saturated rings. The van der Waals surface area contributed by atoms with E-state index in [0.717, 1.165) is 16.3 Å². The molecule has 5 amide bonds. The molecule has 0 saturated carbocycles. The molecule has 12 nitrogen and oxygen atoms in total. The van der Waals surface area contributed by atoms with Gasteiger partial charge in [-0.05, 0) is 67.3 Å². The molecule has 2 aromatic carbocycles. The maximum Gasteiger partial charge on any atom is 0.249 e. The van der Waals surface area contributed by atoms with Gasteiger partial charge in [-0.1, -0.05) is 76.6 Å². The Balaban J connectivity index is 2.31. The first kappa shape index (κ1) is 38.2. The number of nitrogens with two attached hydrogens (primary N) is 2. The Kier molecular flexibility index (Phi) is 15.6. The second kappa shape index (κ2) is 18.8. The van der Waals surface area contributed by atoms with Gasteiger partial charge < -0.3 is 37.8 Å². The number of hydrogen-bond acceptors (Lipinski definition) is 7. The number of aliphatic hydroxyl groups excluding tert-OH is 1. The molecule has 6 atom stereocenters. The van der Waals surface area contributed by atoms with Gasteiger partial charge in [-0.3, -0.25) is 24.0 Å². The smallest absolute Gasteiger partial charge is 0.249 e. The minimum absolute atomic E-state index is 0.0879. The maximum atomic E-state index is 13.7. The van der Waals surface area contributed by atoms with E-state index in [1.165, 1.54) is 6.92 Å². The Labute approximate surface area is 271 Å². The lowest BCUT2D eigenvalue weighted by Gasteiger charge is -2.29. The van der Waals surface area contributed by atoms with E-state index in [1.54, 1.807) is 6.92 Å². The number of aliphatic hydroxyl groups is 1. The molecule has 0 aliphatic rings. The lowest BCUT2D eigenvalue weighted by atomic mass is 9.96. The fourth-order valence-corrected chi connectivity index (χ4v) is 5.07. The van der Waals surface area contributed by atoms with Crippen LogP contribution >= 0.6 is 0 Å². The first-order valence-corrected chi connectivity index (χ1v) is 16.1. The number of nitrogens with one attached hydrogen (secondary N) is 4. The van der Waals surface area contributed by atoms with Gasteiger partial charge in [-0.15, -0.1) is 0 Å². The number of carbonyl (C=O) groups excluding carboxylic acids is 5. The Morgan fingerprint density at radius 2 is 1.37 bits per heavy atom. The van der Waals surface area contributed by atoms with Crippen molar-refractivity contribution in [1.29, 1.82) is 0 Å². The van der Waals surface area contributed by atoms with Crippen molar-refractivity contribution in [3.05, 3.63) is 48.0 Å². The van der Waals surface area contributed by atoms with Crippen LogP contribution in [0, 0.1) is 11.8 Å². The van der Waals surface area contributed by atoms with Crippen LogP contribution in [0.5, 0.6) is 0 Å². The summed E-state index contributed by atoms with van der Waals surface area (Å²) in [6.45, 7) is 9.18. The van der Waals surface area contributed by atoms with Crippen LogP contribution in [0.25, 0.3) is 10.8 Å². The molecule has 2 rings (SSSR count). The number of primary amides is 1. The van der Waals surface area contributed by atoms with Gasteiger partial charge in [-0.25, -0.2) is 0 Å². The topological polar surface area (TPSA) is 206 Å². The third kappa shape index (κ3) is 12.1. The molecular formula is C34H52N6O6. The van der Waals surface area contributed by atoms with E-state index in [0.29, 0.717) is 32.2 Å². The van der Waals surface area contributed by atoms with Crippen molar-refractivity contribution in [3.63, 3.8) is 0 Å². The van der Waals surface area contributed by atoms with E-state index in [9.17, 15) is 29.1 Å². The highest BCUT2D eigenvalue weighted by atomic mass is 16.3. The second-order valence-corrected chi connectivity index (χ2v) is 12.4. The highest BCUT2D eigenvalue weighted by Crippen LogP contribution is 2.18. The summed E-state index contributed by atoms with van der Waals surface area (Å²) < 4.78 is 0. The maximum absolute atomic E-state index is 13.7. The molecule has 2 aromatic rings. The highest BCUT2D eigenvalue weighted by Gasteiger charge is 2.33. The predicted molar refractivity (Wildman–Crippen MR) is 178 cm³/mol. The average Bonchev–Trinajstić information content (AvgIpc) is 3.01. The molecule has 46 heavy (non-hydrogen) atoms. The minimum Gasteiger partial charge on any atom is -0.384 e. The van der Waals surface area contributed by atoms with Gasteiger partial charge in [0.15, 0.2) is 0 Å². The largest absolute Gasteiger partial charge is 0.384 e. The van der Waals surface area contributed by atoms with E-state index in [2.05, 4.69) is 21.3 Å². The summed E-state index contributed by atoms with van der Waals surface area (Å²) in [6, 6.07) is 9.40. The zero-order valence-electron chi connectivity index (χ0n) is 27.7. The van der Waals surface area contributed by atoms with E-state index < -0.39 is 59.8 Å². The van der Waals surface area contributed by atoms with Crippen molar-refractivity contribution in [2.75, 3.05) is 6.54 Å². The van der Waals surface area contributed by atoms with Crippen LogP contribution in [0.3, 0.4) is 0 Å². The molecule has 0 radical (unpaired) electrons. The lowest BCUT2D eigenvalue weighted by Crippen LogP contribution is -2.60. The van der Waals surface area contributed by atoms with Crippen molar-refractivity contribution in [3.8, 4) is 0 Å². The molecule has 9 N–H and O–H groups in total. The van der Waals surface area contributed by atoms with Gasteiger partial charge in [0.1, 0.15) is 30.3 Å². The molecule has 12 heteroatoms. The van der Waals surface area contributed by atoms with Crippen molar-refractivity contribution in [2.24, 2.45) is 23.3 Å². The predicted octanol–water partition coefficient (Wildman–Crippen LogP) is 1.41. The summed E-state index contributed by atoms with van der Waals surface area (Å²) >= 11 is 0. The number of rotatable bonds is 19. The Morgan fingerprint density at radius 1 is 0.761 bits per heavy atom. The summed E-state index contributed by atoms with van der Waals surface area (Å²) in [4.78, 5) is 65.3. The zero-order chi connectivity index (χ0) is 34.4. The second-order valence-electron chi connectivity index (χ2n) is 12.4. The van der Waals surface area contributed by atoms with Crippen LogP contribution in [-0.4, -0.2) is 71.5 Å². The van der Waals surface area contributed by atoms with Gasteiger partial charge in [0.2, 0.25) is 29.5 Å². The van der Waals surface area contributed by atoms with Crippen LogP contribution in [0.4, 0.5) is 0 Å². The normalized spacial score (nSPS) is 15.2. The van der Waals surface area contributed by atoms with Gasteiger partial charge in [0.05, 0.1) is 0 Å². The lowest BCUT2D eigenvalue weighted by molar-refractivity contribution is -0.136. The molecule has 0 spiro atoms. The van der Waals surface area contributed by atoms with Crippen LogP contribution in [0.2, 0.25) is 0 Å². The average molecular weight is 641 g/mol. The molecule has 0 aromatic heterocycles. The highest BCUT2D eigenvalue weighted by molar-refractivity contribution is 5.96.